The Balaban J connectivity index is 1.44. The highest BCUT2D eigenvalue weighted by atomic mass is 16.6. The summed E-state index contributed by atoms with van der Waals surface area (Å²) in [4.78, 5) is 48.8. The molecule has 0 fully saturated rings. The summed E-state index contributed by atoms with van der Waals surface area (Å²) in [5.41, 5.74) is 0.761. The number of ether oxygens (including phenoxy) is 3. The summed E-state index contributed by atoms with van der Waals surface area (Å²) in [5.74, 6) is -1.99. The fourth-order valence-corrected chi connectivity index (χ4v) is 3.04. The predicted molar refractivity (Wildman–Crippen MR) is 90.7 cm³/mol. The van der Waals surface area contributed by atoms with Gasteiger partial charge in [0.05, 0.1) is 24.0 Å². The monoisotopic (exact) mass is 366 g/mol. The molecular formula is C20H14O7. The molecule has 0 saturated carbocycles. The molecule has 7 nitrogen and oxygen atoms in total. The van der Waals surface area contributed by atoms with E-state index < -0.39 is 24.1 Å². The van der Waals surface area contributed by atoms with Crippen molar-refractivity contribution in [3.05, 3.63) is 59.7 Å². The second-order valence-electron chi connectivity index (χ2n) is 6.20. The molecule has 1 unspecified atom stereocenters. The number of fused-ring (bicyclic) bond motifs is 2. The molecule has 2 aromatic carbocycles. The number of benzene rings is 2. The number of esters is 2. The molecule has 0 spiro atoms. The number of Topliss-reactive ketones (excluding diaryl/α,β-unsaturated/α-hetero) is 2. The number of hydrogen-bond acceptors (Lipinski definition) is 7. The van der Waals surface area contributed by atoms with Crippen LogP contribution in [0, 0.1) is 0 Å². The molecule has 0 radical (unpaired) electrons. The minimum atomic E-state index is -1.22. The minimum absolute atomic E-state index is 0.226. The average molecular weight is 366 g/mol. The maximum atomic E-state index is 12.3. The lowest BCUT2D eigenvalue weighted by molar-refractivity contribution is -0.169. The number of carbonyl (C=O) groups is 4. The van der Waals surface area contributed by atoms with E-state index in [-0.39, 0.29) is 35.9 Å². The smallest absolute Gasteiger partial charge is 0.355 e. The average Bonchev–Trinajstić information content (AvgIpc) is 2.68. The van der Waals surface area contributed by atoms with Crippen LogP contribution in [0.2, 0.25) is 0 Å². The lowest BCUT2D eigenvalue weighted by Crippen LogP contribution is -2.41. The molecule has 0 N–H and O–H groups in total. The van der Waals surface area contributed by atoms with Gasteiger partial charge in [-0.3, -0.25) is 9.59 Å². The molecule has 2 heterocycles. The molecule has 7 heteroatoms. The Labute approximate surface area is 153 Å². The summed E-state index contributed by atoms with van der Waals surface area (Å²) in [5, 5.41) is 0. The van der Waals surface area contributed by atoms with Crippen LogP contribution in [0.1, 0.15) is 33.6 Å². The van der Waals surface area contributed by atoms with Crippen molar-refractivity contribution in [2.45, 2.75) is 25.0 Å². The number of carbonyl (C=O) groups excluding carboxylic acids is 4. The van der Waals surface area contributed by atoms with E-state index in [0.717, 1.165) is 0 Å². The zero-order valence-corrected chi connectivity index (χ0v) is 14.0. The van der Waals surface area contributed by atoms with Gasteiger partial charge in [0.15, 0.2) is 11.6 Å². The van der Waals surface area contributed by atoms with Gasteiger partial charge in [-0.25, -0.2) is 9.59 Å². The maximum absolute atomic E-state index is 12.3. The summed E-state index contributed by atoms with van der Waals surface area (Å²) in [6.45, 7) is 0. The molecule has 27 heavy (non-hydrogen) atoms. The first-order chi connectivity index (χ1) is 13.0. The third-order valence-electron chi connectivity index (χ3n) is 4.38. The van der Waals surface area contributed by atoms with Crippen LogP contribution >= 0.6 is 0 Å². The van der Waals surface area contributed by atoms with Crippen molar-refractivity contribution >= 4 is 23.5 Å². The van der Waals surface area contributed by atoms with Gasteiger partial charge in [0.1, 0.15) is 11.5 Å². The minimum Gasteiger partial charge on any atom is -0.477 e. The van der Waals surface area contributed by atoms with E-state index >= 15 is 0 Å². The topological polar surface area (TPSA) is 96.0 Å². The molecule has 2 aliphatic heterocycles. The van der Waals surface area contributed by atoms with E-state index in [1.807, 2.05) is 0 Å². The summed E-state index contributed by atoms with van der Waals surface area (Å²) < 4.78 is 15.8. The zero-order valence-electron chi connectivity index (χ0n) is 14.0. The lowest BCUT2D eigenvalue weighted by atomic mass is 10.0. The van der Waals surface area contributed by atoms with E-state index in [4.69, 9.17) is 14.2 Å². The zero-order chi connectivity index (χ0) is 19.0. The van der Waals surface area contributed by atoms with Gasteiger partial charge in [-0.15, -0.1) is 0 Å². The molecule has 136 valence electrons. The van der Waals surface area contributed by atoms with Crippen LogP contribution in [0.15, 0.2) is 48.5 Å². The number of rotatable bonds is 2. The van der Waals surface area contributed by atoms with E-state index in [0.29, 0.717) is 11.1 Å². The third kappa shape index (κ3) is 3.19. The van der Waals surface area contributed by atoms with Crippen molar-refractivity contribution in [3.8, 4) is 11.5 Å². The maximum Gasteiger partial charge on any atom is 0.355 e. The summed E-state index contributed by atoms with van der Waals surface area (Å²) >= 11 is 0. The van der Waals surface area contributed by atoms with Crippen LogP contribution in [-0.2, 0) is 14.3 Å². The Morgan fingerprint density at radius 2 is 1.15 bits per heavy atom. The molecule has 0 aliphatic carbocycles. The second kappa shape index (κ2) is 6.68. The van der Waals surface area contributed by atoms with Crippen LogP contribution < -0.4 is 9.47 Å². The fourth-order valence-electron chi connectivity index (χ4n) is 3.04. The first-order valence-electron chi connectivity index (χ1n) is 8.36. The summed E-state index contributed by atoms with van der Waals surface area (Å²) in [6.07, 6.45) is -2.89. The first-order valence-corrected chi connectivity index (χ1v) is 8.36. The van der Waals surface area contributed by atoms with Crippen molar-refractivity contribution in [2.75, 3.05) is 0 Å². The van der Waals surface area contributed by atoms with Crippen LogP contribution in [-0.4, -0.2) is 35.7 Å². The Morgan fingerprint density at radius 3 is 1.59 bits per heavy atom. The quantitative estimate of drug-likeness (QED) is 0.593. The van der Waals surface area contributed by atoms with Crippen molar-refractivity contribution in [1.82, 2.24) is 0 Å². The predicted octanol–water partition coefficient (Wildman–Crippen LogP) is 2.12. The van der Waals surface area contributed by atoms with Gasteiger partial charge in [-0.2, -0.15) is 0 Å². The molecule has 2 aromatic rings. The Hall–Kier alpha value is -3.48. The van der Waals surface area contributed by atoms with E-state index in [2.05, 4.69) is 0 Å². The van der Waals surface area contributed by atoms with Crippen LogP contribution in [0.5, 0.6) is 11.5 Å². The normalized spacial score (nSPS) is 20.6. The van der Waals surface area contributed by atoms with Gasteiger partial charge < -0.3 is 14.2 Å². The van der Waals surface area contributed by atoms with E-state index in [1.54, 1.807) is 48.5 Å². The van der Waals surface area contributed by atoms with Crippen molar-refractivity contribution in [2.24, 2.45) is 0 Å². The number of para-hydroxylation sites is 2. The number of hydrogen-bond donors (Lipinski definition) is 0. The molecule has 2 atom stereocenters. The molecule has 0 amide bonds. The SMILES string of the molecule is O=C1CC(C(=O)OC(=O)[C@H]2CC(=O)c3ccccc3O2)Oc2ccccc21. The van der Waals surface area contributed by atoms with Crippen molar-refractivity contribution in [3.63, 3.8) is 0 Å². The summed E-state index contributed by atoms with van der Waals surface area (Å²) in [6, 6.07) is 13.1. The van der Waals surface area contributed by atoms with E-state index in [1.165, 1.54) is 0 Å². The number of ketones is 2. The van der Waals surface area contributed by atoms with Crippen LogP contribution in [0.3, 0.4) is 0 Å². The molecular weight excluding hydrogens is 352 g/mol. The Bertz CT molecular complexity index is 885. The highest BCUT2D eigenvalue weighted by Crippen LogP contribution is 2.29. The molecule has 0 bridgehead atoms. The second-order valence-corrected chi connectivity index (χ2v) is 6.20. The van der Waals surface area contributed by atoms with Crippen LogP contribution in [0.4, 0.5) is 0 Å². The highest BCUT2D eigenvalue weighted by molar-refractivity contribution is 6.05. The highest BCUT2D eigenvalue weighted by Gasteiger charge is 2.37. The van der Waals surface area contributed by atoms with Crippen LogP contribution in [0.25, 0.3) is 0 Å². The fraction of sp³-hybridized carbons (Fsp3) is 0.200. The molecule has 0 aromatic heterocycles. The standard InChI is InChI=1S/C20H14O7/c21-13-9-17(25-15-7-3-1-5-11(13)15)19(23)27-20(24)18-10-14(22)12-6-2-4-8-16(12)26-18/h1-8,17-18H,9-10H2/t17-,18?/m1/s1. The van der Waals surface area contributed by atoms with Gasteiger partial charge in [-0.05, 0) is 24.3 Å². The van der Waals surface area contributed by atoms with Gasteiger partial charge in [0.25, 0.3) is 0 Å². The van der Waals surface area contributed by atoms with Gasteiger partial charge in [0.2, 0.25) is 12.2 Å². The Kier molecular flexibility index (Phi) is 4.19. The molecule has 0 saturated heterocycles. The van der Waals surface area contributed by atoms with E-state index in [9.17, 15) is 19.2 Å². The van der Waals surface area contributed by atoms with Crippen molar-refractivity contribution in [1.29, 1.82) is 0 Å². The van der Waals surface area contributed by atoms with Gasteiger partial charge >= 0.3 is 11.9 Å². The van der Waals surface area contributed by atoms with Gasteiger partial charge in [-0.1, -0.05) is 24.3 Å². The molecule has 4 rings (SSSR count). The van der Waals surface area contributed by atoms with Crippen molar-refractivity contribution < 1.29 is 33.4 Å². The Morgan fingerprint density at radius 1 is 0.741 bits per heavy atom. The first kappa shape index (κ1) is 17.0. The third-order valence-corrected chi connectivity index (χ3v) is 4.38. The van der Waals surface area contributed by atoms with Gasteiger partial charge in [0, 0.05) is 0 Å². The summed E-state index contributed by atoms with van der Waals surface area (Å²) in [7, 11) is 0. The molecule has 2 aliphatic rings. The largest absolute Gasteiger partial charge is 0.477 e. The lowest BCUT2D eigenvalue weighted by Gasteiger charge is -2.25.